The van der Waals surface area contributed by atoms with Gasteiger partial charge in [-0.15, -0.1) is 0 Å². The molecule has 0 atom stereocenters. The largest absolute Gasteiger partial charge is 0.396 e. The Morgan fingerprint density at radius 1 is 1.24 bits per heavy atom. The average molecular weight is 232 g/mol. The lowest BCUT2D eigenvalue weighted by molar-refractivity contribution is 0.271. The van der Waals surface area contributed by atoms with Gasteiger partial charge in [0.1, 0.15) is 0 Å². The Hall–Kier alpha value is -1.37. The van der Waals surface area contributed by atoms with Gasteiger partial charge in [0.2, 0.25) is 0 Å². The molecule has 0 saturated heterocycles. The number of nitrogens with zero attached hydrogens (tertiary/aromatic N) is 2. The van der Waals surface area contributed by atoms with Gasteiger partial charge in [0.05, 0.1) is 11.6 Å². The van der Waals surface area contributed by atoms with E-state index in [1.54, 1.807) is 0 Å². The number of rotatable bonds is 7. The smallest absolute Gasteiger partial charge is 0.0995 e. The molecule has 1 N–H and O–H groups in total. The summed E-state index contributed by atoms with van der Waals surface area (Å²) in [4.78, 5) is 2.22. The Morgan fingerprint density at radius 2 is 2.00 bits per heavy atom. The van der Waals surface area contributed by atoms with Crippen LogP contribution in [0.25, 0.3) is 0 Å². The van der Waals surface area contributed by atoms with Crippen LogP contribution in [0, 0.1) is 11.3 Å². The number of nitriles is 1. The van der Waals surface area contributed by atoms with Gasteiger partial charge in [-0.25, -0.2) is 0 Å². The number of aliphatic hydroxyl groups is 1. The third kappa shape index (κ3) is 4.99. The molecule has 0 heterocycles. The van der Waals surface area contributed by atoms with E-state index in [2.05, 4.69) is 18.0 Å². The predicted octanol–water partition coefficient (Wildman–Crippen LogP) is 2.15. The second-order valence-corrected chi connectivity index (χ2v) is 4.29. The second-order valence-electron chi connectivity index (χ2n) is 4.29. The Morgan fingerprint density at radius 3 is 2.71 bits per heavy atom. The molecule has 0 aliphatic carbocycles. The van der Waals surface area contributed by atoms with Crippen molar-refractivity contribution in [3.8, 4) is 6.07 Å². The van der Waals surface area contributed by atoms with Crippen molar-refractivity contribution < 1.29 is 5.11 Å². The maximum Gasteiger partial charge on any atom is 0.0995 e. The summed E-state index contributed by atoms with van der Waals surface area (Å²) < 4.78 is 0. The SMILES string of the molecule is CN(CCCCCO)Cc1ccccc1C#N. The molecule has 0 spiro atoms. The number of aliphatic hydroxyl groups excluding tert-OH is 1. The third-order valence-corrected chi connectivity index (χ3v) is 2.78. The van der Waals surface area contributed by atoms with E-state index in [1.165, 1.54) is 0 Å². The van der Waals surface area contributed by atoms with Crippen LogP contribution in [0.5, 0.6) is 0 Å². The van der Waals surface area contributed by atoms with Crippen LogP contribution in [0.4, 0.5) is 0 Å². The zero-order chi connectivity index (χ0) is 12.5. The molecule has 3 heteroatoms. The van der Waals surface area contributed by atoms with Crippen molar-refractivity contribution in [2.45, 2.75) is 25.8 Å². The minimum absolute atomic E-state index is 0.279. The molecule has 1 rings (SSSR count). The van der Waals surface area contributed by atoms with E-state index in [0.29, 0.717) is 0 Å². The summed E-state index contributed by atoms with van der Waals surface area (Å²) in [6, 6.07) is 9.94. The monoisotopic (exact) mass is 232 g/mol. The van der Waals surface area contributed by atoms with E-state index in [1.807, 2.05) is 24.3 Å². The summed E-state index contributed by atoms with van der Waals surface area (Å²) in [6.07, 6.45) is 3.02. The summed E-state index contributed by atoms with van der Waals surface area (Å²) in [5.74, 6) is 0. The van der Waals surface area contributed by atoms with Crippen molar-refractivity contribution in [3.05, 3.63) is 35.4 Å². The molecule has 1 aromatic carbocycles. The zero-order valence-corrected chi connectivity index (χ0v) is 10.4. The lowest BCUT2D eigenvalue weighted by Crippen LogP contribution is -2.19. The van der Waals surface area contributed by atoms with Gasteiger partial charge in [-0.05, 0) is 44.5 Å². The molecule has 0 fully saturated rings. The Balaban J connectivity index is 2.40. The molecular weight excluding hydrogens is 212 g/mol. The van der Waals surface area contributed by atoms with Crippen molar-refractivity contribution in [2.24, 2.45) is 0 Å². The molecule has 0 amide bonds. The number of unbranched alkanes of at least 4 members (excludes halogenated alkanes) is 2. The molecule has 92 valence electrons. The second kappa shape index (κ2) is 7.83. The van der Waals surface area contributed by atoms with Crippen LogP contribution in [0.15, 0.2) is 24.3 Å². The molecular formula is C14H20N2O. The van der Waals surface area contributed by atoms with Gasteiger partial charge in [0.25, 0.3) is 0 Å². The van der Waals surface area contributed by atoms with E-state index in [0.717, 1.165) is 43.5 Å². The maximum absolute atomic E-state index is 8.98. The van der Waals surface area contributed by atoms with Crippen LogP contribution in [0.3, 0.4) is 0 Å². The minimum atomic E-state index is 0.279. The number of hydrogen-bond acceptors (Lipinski definition) is 3. The third-order valence-electron chi connectivity index (χ3n) is 2.78. The summed E-state index contributed by atoms with van der Waals surface area (Å²) in [6.45, 7) is 2.09. The first-order chi connectivity index (χ1) is 8.27. The molecule has 0 saturated carbocycles. The maximum atomic E-state index is 8.98. The first-order valence-electron chi connectivity index (χ1n) is 6.05. The Labute approximate surface area is 103 Å². The van der Waals surface area contributed by atoms with E-state index in [4.69, 9.17) is 10.4 Å². The lowest BCUT2D eigenvalue weighted by atomic mass is 10.1. The molecule has 0 radical (unpaired) electrons. The molecule has 0 bridgehead atoms. The fraction of sp³-hybridized carbons (Fsp3) is 0.500. The summed E-state index contributed by atoms with van der Waals surface area (Å²) in [5.41, 5.74) is 1.84. The normalized spacial score (nSPS) is 10.5. The Kier molecular flexibility index (Phi) is 6.31. The van der Waals surface area contributed by atoms with Crippen molar-refractivity contribution >= 4 is 0 Å². The van der Waals surface area contributed by atoms with Crippen molar-refractivity contribution in [2.75, 3.05) is 20.2 Å². The van der Waals surface area contributed by atoms with Gasteiger partial charge in [-0.3, -0.25) is 0 Å². The van der Waals surface area contributed by atoms with Crippen molar-refractivity contribution in [3.63, 3.8) is 0 Å². The molecule has 17 heavy (non-hydrogen) atoms. The highest BCUT2D eigenvalue weighted by molar-refractivity contribution is 5.37. The molecule has 3 nitrogen and oxygen atoms in total. The standard InChI is InChI=1S/C14H20N2O/c1-16(9-5-2-6-10-17)12-14-8-4-3-7-13(14)11-15/h3-4,7-8,17H,2,5-6,9-10,12H2,1H3. The Bertz CT molecular complexity index is 371. The van der Waals surface area contributed by atoms with Crippen LogP contribution in [-0.4, -0.2) is 30.2 Å². The van der Waals surface area contributed by atoms with E-state index in [-0.39, 0.29) is 6.61 Å². The quantitative estimate of drug-likeness (QED) is 0.733. The van der Waals surface area contributed by atoms with E-state index in [9.17, 15) is 0 Å². The van der Waals surface area contributed by atoms with Crippen LogP contribution >= 0.6 is 0 Å². The zero-order valence-electron chi connectivity index (χ0n) is 10.4. The highest BCUT2D eigenvalue weighted by atomic mass is 16.2. The van der Waals surface area contributed by atoms with Crippen LogP contribution in [0.2, 0.25) is 0 Å². The molecule has 0 aliphatic rings. The highest BCUT2D eigenvalue weighted by Gasteiger charge is 2.04. The van der Waals surface area contributed by atoms with E-state index >= 15 is 0 Å². The fourth-order valence-electron chi connectivity index (χ4n) is 1.81. The lowest BCUT2D eigenvalue weighted by Gasteiger charge is -2.17. The fourth-order valence-corrected chi connectivity index (χ4v) is 1.81. The summed E-state index contributed by atoms with van der Waals surface area (Å²) >= 11 is 0. The van der Waals surface area contributed by atoms with Gasteiger partial charge in [0.15, 0.2) is 0 Å². The summed E-state index contributed by atoms with van der Waals surface area (Å²) in [5, 5.41) is 17.7. The van der Waals surface area contributed by atoms with E-state index < -0.39 is 0 Å². The number of hydrogen-bond donors (Lipinski definition) is 1. The minimum Gasteiger partial charge on any atom is -0.396 e. The van der Waals surface area contributed by atoms with Gasteiger partial charge in [-0.1, -0.05) is 18.2 Å². The van der Waals surface area contributed by atoms with Crippen LogP contribution < -0.4 is 0 Å². The van der Waals surface area contributed by atoms with Crippen molar-refractivity contribution in [1.82, 2.24) is 4.90 Å². The van der Waals surface area contributed by atoms with Gasteiger partial charge < -0.3 is 10.0 Å². The predicted molar refractivity (Wildman–Crippen MR) is 68.4 cm³/mol. The van der Waals surface area contributed by atoms with Crippen molar-refractivity contribution in [1.29, 1.82) is 5.26 Å². The molecule has 0 aliphatic heterocycles. The molecule has 1 aromatic rings. The van der Waals surface area contributed by atoms with Gasteiger partial charge in [-0.2, -0.15) is 5.26 Å². The first-order valence-corrected chi connectivity index (χ1v) is 6.05. The highest BCUT2D eigenvalue weighted by Crippen LogP contribution is 2.10. The topological polar surface area (TPSA) is 47.3 Å². The molecule has 0 unspecified atom stereocenters. The van der Waals surface area contributed by atoms with Gasteiger partial charge in [0, 0.05) is 13.2 Å². The number of benzene rings is 1. The van der Waals surface area contributed by atoms with Crippen LogP contribution in [-0.2, 0) is 6.54 Å². The first kappa shape index (κ1) is 13.7. The van der Waals surface area contributed by atoms with Gasteiger partial charge >= 0.3 is 0 Å². The van der Waals surface area contributed by atoms with Crippen LogP contribution in [0.1, 0.15) is 30.4 Å². The molecule has 0 aromatic heterocycles. The summed E-state index contributed by atoms with van der Waals surface area (Å²) in [7, 11) is 2.06. The average Bonchev–Trinajstić information content (AvgIpc) is 2.35.